The predicted molar refractivity (Wildman–Crippen MR) is 111 cm³/mol. The minimum absolute atomic E-state index is 0.101. The highest BCUT2D eigenvalue weighted by atomic mass is 16.5. The first-order valence-electron chi connectivity index (χ1n) is 9.45. The molecule has 2 aromatic carbocycles. The lowest BCUT2D eigenvalue weighted by molar-refractivity contribution is 0.0993. The van der Waals surface area contributed by atoms with Crippen molar-refractivity contribution in [1.29, 1.82) is 5.26 Å². The molecule has 6 heteroatoms. The Kier molecular flexibility index (Phi) is 5.12. The smallest absolute Gasteiger partial charge is 0.262 e. The lowest BCUT2D eigenvalue weighted by atomic mass is 10.1. The molecular formula is C23H20N4O2. The first kappa shape index (κ1) is 18.5. The van der Waals surface area contributed by atoms with Gasteiger partial charge < -0.3 is 10.1 Å². The van der Waals surface area contributed by atoms with E-state index in [2.05, 4.69) is 16.4 Å². The summed E-state index contributed by atoms with van der Waals surface area (Å²) in [6.45, 7) is 2.52. The maximum atomic E-state index is 13.1. The molecule has 144 valence electrons. The molecule has 0 bridgehead atoms. The zero-order valence-electron chi connectivity index (χ0n) is 16.0. The number of nitrogens with zero attached hydrogens (tertiary/aromatic N) is 3. The number of benzene rings is 2. The molecule has 29 heavy (non-hydrogen) atoms. The first-order chi connectivity index (χ1) is 14.2. The van der Waals surface area contributed by atoms with E-state index in [0.29, 0.717) is 24.3 Å². The van der Waals surface area contributed by atoms with E-state index < -0.39 is 6.17 Å². The van der Waals surface area contributed by atoms with Gasteiger partial charge in [0.2, 0.25) is 0 Å². The van der Waals surface area contributed by atoms with Crippen LogP contribution in [0.1, 0.15) is 34.7 Å². The molecule has 4 rings (SSSR count). The number of carbonyl (C=O) groups excluding carboxylic acids is 1. The van der Waals surface area contributed by atoms with E-state index in [0.717, 1.165) is 22.7 Å². The zero-order valence-corrected chi connectivity index (χ0v) is 16.0. The Bertz CT molecular complexity index is 1060. The van der Waals surface area contributed by atoms with Crippen LogP contribution in [-0.4, -0.2) is 17.5 Å². The van der Waals surface area contributed by atoms with Crippen LogP contribution in [0.4, 0.5) is 11.4 Å². The van der Waals surface area contributed by atoms with E-state index in [9.17, 15) is 4.79 Å². The summed E-state index contributed by atoms with van der Waals surface area (Å²) in [7, 11) is 0. The number of pyridine rings is 1. The number of hydrogen-bond acceptors (Lipinski definition) is 5. The van der Waals surface area contributed by atoms with E-state index in [4.69, 9.17) is 10.00 Å². The quantitative estimate of drug-likeness (QED) is 0.685. The average Bonchev–Trinajstić information content (AvgIpc) is 3.03. The van der Waals surface area contributed by atoms with E-state index in [1.165, 1.54) is 0 Å². The molecule has 1 aliphatic heterocycles. The van der Waals surface area contributed by atoms with Crippen molar-refractivity contribution < 1.29 is 9.53 Å². The number of anilines is 2. The molecule has 0 saturated carbocycles. The number of hydrogen-bond donors (Lipinski definition) is 1. The molecule has 1 N–H and O–H groups in total. The summed E-state index contributed by atoms with van der Waals surface area (Å²) >= 11 is 0. The van der Waals surface area contributed by atoms with E-state index in [1.807, 2.05) is 55.5 Å². The highest BCUT2D eigenvalue weighted by molar-refractivity contribution is 6.11. The second kappa shape index (κ2) is 8.03. The van der Waals surface area contributed by atoms with Crippen LogP contribution in [0.5, 0.6) is 5.75 Å². The van der Waals surface area contributed by atoms with Crippen molar-refractivity contribution in [3.05, 3.63) is 83.7 Å². The topological polar surface area (TPSA) is 78.2 Å². The number of nitriles is 1. The summed E-state index contributed by atoms with van der Waals surface area (Å²) in [5.41, 5.74) is 3.82. The van der Waals surface area contributed by atoms with Gasteiger partial charge in [-0.25, -0.2) is 0 Å². The lowest BCUT2D eigenvalue weighted by Gasteiger charge is -2.26. The number of amides is 1. The molecule has 0 saturated heterocycles. The van der Waals surface area contributed by atoms with Gasteiger partial charge in [0.15, 0.2) is 6.17 Å². The maximum Gasteiger partial charge on any atom is 0.262 e. The van der Waals surface area contributed by atoms with Gasteiger partial charge in [0, 0.05) is 17.6 Å². The fraction of sp³-hybridized carbons (Fsp3) is 0.174. The van der Waals surface area contributed by atoms with Gasteiger partial charge in [0.25, 0.3) is 5.91 Å². The van der Waals surface area contributed by atoms with Crippen molar-refractivity contribution in [2.24, 2.45) is 0 Å². The minimum atomic E-state index is -0.432. The molecular weight excluding hydrogens is 364 g/mol. The fourth-order valence-electron chi connectivity index (χ4n) is 3.42. The number of carbonyl (C=O) groups is 1. The Labute approximate surface area is 169 Å². The molecule has 1 amide bonds. The third kappa shape index (κ3) is 3.63. The van der Waals surface area contributed by atoms with Crippen molar-refractivity contribution >= 4 is 17.3 Å². The van der Waals surface area contributed by atoms with Crippen molar-refractivity contribution in [3.63, 3.8) is 0 Å². The van der Waals surface area contributed by atoms with Crippen LogP contribution in [0.25, 0.3) is 0 Å². The number of ether oxygens (including phenoxy) is 1. The number of nitrogens with one attached hydrogen (secondary N) is 1. The zero-order chi connectivity index (χ0) is 20.2. The number of aromatic nitrogens is 1. The molecule has 0 unspecified atom stereocenters. The molecule has 3 aromatic rings. The summed E-state index contributed by atoms with van der Waals surface area (Å²) in [4.78, 5) is 19.3. The second-order valence-electron chi connectivity index (χ2n) is 6.62. The van der Waals surface area contributed by atoms with Crippen LogP contribution < -0.4 is 15.0 Å². The molecule has 0 fully saturated rings. The normalized spacial score (nSPS) is 15.0. The Balaban J connectivity index is 1.67. The summed E-state index contributed by atoms with van der Waals surface area (Å²) in [5.74, 6) is 0.659. The van der Waals surface area contributed by atoms with Crippen LogP contribution in [-0.2, 0) is 6.42 Å². The van der Waals surface area contributed by atoms with Gasteiger partial charge in [-0.15, -0.1) is 0 Å². The molecule has 6 nitrogen and oxygen atoms in total. The van der Waals surface area contributed by atoms with Gasteiger partial charge in [-0.1, -0.05) is 12.1 Å². The van der Waals surface area contributed by atoms with Crippen molar-refractivity contribution in [3.8, 4) is 11.8 Å². The highest BCUT2D eigenvalue weighted by Gasteiger charge is 2.38. The van der Waals surface area contributed by atoms with Gasteiger partial charge in [-0.05, 0) is 61.0 Å². The van der Waals surface area contributed by atoms with Crippen molar-refractivity contribution in [1.82, 2.24) is 4.98 Å². The second-order valence-corrected chi connectivity index (χ2v) is 6.62. The average molecular weight is 384 g/mol. The standard InChI is InChI=1S/C23H20N4O2/c1-2-29-19-11-9-18(10-12-19)27-22(21-20(23(27)28)4-3-15-25-21)26-17-7-5-16(6-8-17)13-14-24/h3-12,15,22,26H,2,13H2,1H3/t22-/m0/s1. The lowest BCUT2D eigenvalue weighted by Crippen LogP contribution is -2.32. The third-order valence-electron chi connectivity index (χ3n) is 4.77. The molecule has 0 spiro atoms. The number of rotatable bonds is 6. The van der Waals surface area contributed by atoms with Gasteiger partial charge >= 0.3 is 0 Å². The molecule has 0 radical (unpaired) electrons. The number of fused-ring (bicyclic) bond motifs is 1. The van der Waals surface area contributed by atoms with Crippen LogP contribution >= 0.6 is 0 Å². The third-order valence-corrected chi connectivity index (χ3v) is 4.77. The monoisotopic (exact) mass is 384 g/mol. The summed E-state index contributed by atoms with van der Waals surface area (Å²) < 4.78 is 5.51. The Hall–Kier alpha value is -3.85. The van der Waals surface area contributed by atoms with Crippen LogP contribution in [0.3, 0.4) is 0 Å². The molecule has 0 aliphatic carbocycles. The van der Waals surface area contributed by atoms with Gasteiger partial charge in [0.05, 0.1) is 30.4 Å². The summed E-state index contributed by atoms with van der Waals surface area (Å²) in [6.07, 6.45) is 1.63. The first-order valence-corrected chi connectivity index (χ1v) is 9.45. The van der Waals surface area contributed by atoms with E-state index in [1.54, 1.807) is 23.2 Å². The van der Waals surface area contributed by atoms with E-state index in [-0.39, 0.29) is 5.91 Å². The Morgan fingerprint density at radius 2 is 1.90 bits per heavy atom. The van der Waals surface area contributed by atoms with E-state index >= 15 is 0 Å². The fourth-order valence-corrected chi connectivity index (χ4v) is 3.42. The largest absolute Gasteiger partial charge is 0.494 e. The van der Waals surface area contributed by atoms with Crippen LogP contribution in [0, 0.1) is 11.3 Å². The Morgan fingerprint density at radius 3 is 2.59 bits per heavy atom. The molecule has 1 aliphatic rings. The summed E-state index contributed by atoms with van der Waals surface area (Å²) in [5, 5.41) is 12.3. The van der Waals surface area contributed by atoms with Gasteiger partial charge in [-0.3, -0.25) is 14.7 Å². The SMILES string of the molecule is CCOc1ccc(N2C(=O)c3cccnc3[C@H]2Nc2ccc(CC#N)cc2)cc1. The van der Waals surface area contributed by atoms with Crippen LogP contribution in [0.2, 0.25) is 0 Å². The molecule has 1 aromatic heterocycles. The van der Waals surface area contributed by atoms with Gasteiger partial charge in [0.1, 0.15) is 5.75 Å². The van der Waals surface area contributed by atoms with Gasteiger partial charge in [-0.2, -0.15) is 5.26 Å². The molecule has 1 atom stereocenters. The summed E-state index contributed by atoms with van der Waals surface area (Å²) in [6, 6.07) is 20.8. The Morgan fingerprint density at radius 1 is 1.14 bits per heavy atom. The minimum Gasteiger partial charge on any atom is -0.494 e. The van der Waals surface area contributed by atoms with Crippen molar-refractivity contribution in [2.75, 3.05) is 16.8 Å². The van der Waals surface area contributed by atoms with Crippen molar-refractivity contribution in [2.45, 2.75) is 19.5 Å². The predicted octanol–water partition coefficient (Wildman–Crippen LogP) is 4.32. The molecule has 2 heterocycles. The highest BCUT2D eigenvalue weighted by Crippen LogP contribution is 2.37. The van der Waals surface area contributed by atoms with Crippen LogP contribution in [0.15, 0.2) is 66.9 Å². The maximum absolute atomic E-state index is 13.1.